The van der Waals surface area contributed by atoms with Gasteiger partial charge in [0.15, 0.2) is 0 Å². The van der Waals surface area contributed by atoms with Crippen LogP contribution in [0.1, 0.15) is 45.4 Å². The van der Waals surface area contributed by atoms with Crippen molar-refractivity contribution in [2.24, 2.45) is 0 Å². The SMILES string of the molecule is CCCCNC.OC1CCCC1. The van der Waals surface area contributed by atoms with E-state index in [2.05, 4.69) is 12.2 Å². The van der Waals surface area contributed by atoms with Crippen LogP contribution in [0, 0.1) is 0 Å². The minimum atomic E-state index is 0.0463. The normalized spacial score (nSPS) is 17.2. The number of unbranched alkanes of at least 4 members (excludes halogenated alkanes) is 1. The van der Waals surface area contributed by atoms with E-state index in [0.717, 1.165) is 19.4 Å². The average Bonchev–Trinajstić information content (AvgIpc) is 2.53. The zero-order valence-corrected chi connectivity index (χ0v) is 8.47. The van der Waals surface area contributed by atoms with Crippen LogP contribution in [0.3, 0.4) is 0 Å². The molecule has 0 radical (unpaired) electrons. The summed E-state index contributed by atoms with van der Waals surface area (Å²) in [5, 5.41) is 11.8. The lowest BCUT2D eigenvalue weighted by molar-refractivity contribution is 0.183. The maximum Gasteiger partial charge on any atom is 0.0540 e. The Labute approximate surface area is 76.4 Å². The molecule has 1 rings (SSSR count). The summed E-state index contributed by atoms with van der Waals surface area (Å²) in [6, 6.07) is 0. The first-order chi connectivity index (χ1) is 5.81. The second-order valence-corrected chi connectivity index (χ2v) is 3.40. The van der Waals surface area contributed by atoms with Gasteiger partial charge in [-0.3, -0.25) is 0 Å². The fraction of sp³-hybridized carbons (Fsp3) is 1.00. The molecule has 2 nitrogen and oxygen atoms in total. The fourth-order valence-corrected chi connectivity index (χ4v) is 1.26. The van der Waals surface area contributed by atoms with Crippen molar-refractivity contribution >= 4 is 0 Å². The Hall–Kier alpha value is -0.0800. The molecule has 0 bridgehead atoms. The van der Waals surface area contributed by atoms with E-state index in [1.165, 1.54) is 25.7 Å². The van der Waals surface area contributed by atoms with E-state index in [1.54, 1.807) is 0 Å². The monoisotopic (exact) mass is 173 g/mol. The molecule has 0 aromatic carbocycles. The van der Waals surface area contributed by atoms with Crippen molar-refractivity contribution in [3.05, 3.63) is 0 Å². The molecule has 1 fully saturated rings. The van der Waals surface area contributed by atoms with Gasteiger partial charge in [-0.25, -0.2) is 0 Å². The van der Waals surface area contributed by atoms with E-state index in [1.807, 2.05) is 7.05 Å². The van der Waals surface area contributed by atoms with E-state index in [9.17, 15) is 0 Å². The van der Waals surface area contributed by atoms with E-state index in [0.29, 0.717) is 0 Å². The maximum absolute atomic E-state index is 8.73. The Kier molecular flexibility index (Phi) is 8.95. The van der Waals surface area contributed by atoms with Gasteiger partial charge in [0.05, 0.1) is 6.10 Å². The minimum absolute atomic E-state index is 0.0463. The van der Waals surface area contributed by atoms with Crippen LogP contribution in [0.4, 0.5) is 0 Å². The topological polar surface area (TPSA) is 32.3 Å². The molecule has 0 amide bonds. The summed E-state index contributed by atoms with van der Waals surface area (Å²) >= 11 is 0. The molecular weight excluding hydrogens is 150 g/mol. The predicted octanol–water partition coefficient (Wildman–Crippen LogP) is 1.93. The van der Waals surface area contributed by atoms with Gasteiger partial charge in [-0.1, -0.05) is 26.2 Å². The van der Waals surface area contributed by atoms with Crippen LogP contribution >= 0.6 is 0 Å². The molecule has 0 aromatic heterocycles. The van der Waals surface area contributed by atoms with Gasteiger partial charge in [0.25, 0.3) is 0 Å². The van der Waals surface area contributed by atoms with Crippen LogP contribution in [0.15, 0.2) is 0 Å². The van der Waals surface area contributed by atoms with Gasteiger partial charge in [-0.15, -0.1) is 0 Å². The molecule has 2 heteroatoms. The highest BCUT2D eigenvalue weighted by Gasteiger charge is 2.09. The molecule has 0 spiro atoms. The third-order valence-corrected chi connectivity index (χ3v) is 2.11. The van der Waals surface area contributed by atoms with Gasteiger partial charge < -0.3 is 10.4 Å². The number of nitrogens with one attached hydrogen (secondary N) is 1. The van der Waals surface area contributed by atoms with Crippen molar-refractivity contribution in [3.8, 4) is 0 Å². The quantitative estimate of drug-likeness (QED) is 0.639. The second-order valence-electron chi connectivity index (χ2n) is 3.40. The number of hydrogen-bond acceptors (Lipinski definition) is 2. The van der Waals surface area contributed by atoms with Crippen molar-refractivity contribution in [2.75, 3.05) is 13.6 Å². The molecule has 0 atom stereocenters. The molecule has 74 valence electrons. The molecule has 2 N–H and O–H groups in total. The van der Waals surface area contributed by atoms with Crippen molar-refractivity contribution in [1.29, 1.82) is 0 Å². The van der Waals surface area contributed by atoms with Crippen LogP contribution in [0.25, 0.3) is 0 Å². The van der Waals surface area contributed by atoms with E-state index < -0.39 is 0 Å². The minimum Gasteiger partial charge on any atom is -0.393 e. The van der Waals surface area contributed by atoms with E-state index in [-0.39, 0.29) is 6.10 Å². The molecule has 0 aromatic rings. The molecule has 1 aliphatic carbocycles. The van der Waals surface area contributed by atoms with Crippen LogP contribution in [-0.4, -0.2) is 24.8 Å². The van der Waals surface area contributed by atoms with Crippen molar-refractivity contribution < 1.29 is 5.11 Å². The van der Waals surface area contributed by atoms with Crippen LogP contribution < -0.4 is 5.32 Å². The zero-order valence-electron chi connectivity index (χ0n) is 8.47. The summed E-state index contributed by atoms with van der Waals surface area (Å²) in [5.74, 6) is 0. The zero-order chi connectivity index (χ0) is 9.23. The summed E-state index contributed by atoms with van der Waals surface area (Å²) in [6.45, 7) is 3.36. The highest BCUT2D eigenvalue weighted by Crippen LogP contribution is 2.16. The summed E-state index contributed by atoms with van der Waals surface area (Å²) in [4.78, 5) is 0. The Morgan fingerprint density at radius 3 is 2.08 bits per heavy atom. The largest absolute Gasteiger partial charge is 0.393 e. The van der Waals surface area contributed by atoms with Crippen LogP contribution in [0.5, 0.6) is 0 Å². The molecule has 1 aliphatic rings. The smallest absolute Gasteiger partial charge is 0.0540 e. The van der Waals surface area contributed by atoms with Crippen molar-refractivity contribution in [1.82, 2.24) is 5.32 Å². The van der Waals surface area contributed by atoms with E-state index >= 15 is 0 Å². The van der Waals surface area contributed by atoms with E-state index in [4.69, 9.17) is 5.11 Å². The first kappa shape index (κ1) is 11.9. The fourth-order valence-electron chi connectivity index (χ4n) is 1.26. The summed E-state index contributed by atoms with van der Waals surface area (Å²) in [6.07, 6.45) is 7.20. The number of aliphatic hydroxyl groups excluding tert-OH is 1. The molecular formula is C10H23NO. The van der Waals surface area contributed by atoms with Crippen LogP contribution in [0.2, 0.25) is 0 Å². The van der Waals surface area contributed by atoms with Gasteiger partial charge in [0.2, 0.25) is 0 Å². The summed E-state index contributed by atoms with van der Waals surface area (Å²) in [7, 11) is 1.98. The molecule has 0 aliphatic heterocycles. The lowest BCUT2D eigenvalue weighted by Crippen LogP contribution is -2.06. The second kappa shape index (κ2) is 9.01. The van der Waals surface area contributed by atoms with Crippen LogP contribution in [-0.2, 0) is 0 Å². The Bertz CT molecular complexity index is 75.9. The van der Waals surface area contributed by atoms with Crippen molar-refractivity contribution in [2.45, 2.75) is 51.6 Å². The lowest BCUT2D eigenvalue weighted by Gasteiger charge is -1.91. The molecule has 1 saturated carbocycles. The van der Waals surface area contributed by atoms with Gasteiger partial charge in [0, 0.05) is 0 Å². The third-order valence-electron chi connectivity index (χ3n) is 2.11. The van der Waals surface area contributed by atoms with Gasteiger partial charge in [-0.2, -0.15) is 0 Å². The average molecular weight is 173 g/mol. The van der Waals surface area contributed by atoms with Gasteiger partial charge in [-0.05, 0) is 32.9 Å². The number of hydrogen-bond donors (Lipinski definition) is 2. The van der Waals surface area contributed by atoms with Gasteiger partial charge >= 0.3 is 0 Å². The molecule has 0 unspecified atom stereocenters. The standard InChI is InChI=1S/C5H13N.C5H10O/c1-3-4-5-6-2;6-5-3-1-2-4-5/h6H,3-5H2,1-2H3;5-6H,1-4H2. The number of aliphatic hydroxyl groups is 1. The van der Waals surface area contributed by atoms with Gasteiger partial charge in [0.1, 0.15) is 0 Å². The molecule has 12 heavy (non-hydrogen) atoms. The van der Waals surface area contributed by atoms with Crippen molar-refractivity contribution in [3.63, 3.8) is 0 Å². The highest BCUT2D eigenvalue weighted by atomic mass is 16.3. The first-order valence-corrected chi connectivity index (χ1v) is 5.14. The third kappa shape index (κ3) is 8.02. The summed E-state index contributed by atoms with van der Waals surface area (Å²) < 4.78 is 0. The lowest BCUT2D eigenvalue weighted by atomic mass is 10.3. The Morgan fingerprint density at radius 1 is 1.33 bits per heavy atom. The number of rotatable bonds is 3. The first-order valence-electron chi connectivity index (χ1n) is 5.14. The molecule has 0 heterocycles. The molecule has 0 saturated heterocycles. The maximum atomic E-state index is 8.73. The summed E-state index contributed by atoms with van der Waals surface area (Å²) in [5.41, 5.74) is 0. The highest BCUT2D eigenvalue weighted by molar-refractivity contribution is 4.63. The predicted molar refractivity (Wildman–Crippen MR) is 53.3 cm³/mol. The Balaban J connectivity index is 0.000000202. The Morgan fingerprint density at radius 2 is 1.92 bits per heavy atom.